The highest BCUT2D eigenvalue weighted by molar-refractivity contribution is 5.79. The number of hydrogen-bond acceptors (Lipinski definition) is 4. The Labute approximate surface area is 164 Å². The van der Waals surface area contributed by atoms with Crippen LogP contribution >= 0.6 is 0 Å². The van der Waals surface area contributed by atoms with Crippen molar-refractivity contribution in [3.05, 3.63) is 29.6 Å². The van der Waals surface area contributed by atoms with E-state index in [-0.39, 0.29) is 12.0 Å². The van der Waals surface area contributed by atoms with E-state index in [1.54, 1.807) is 0 Å². The number of nitrogens with zero attached hydrogens (tertiary/aromatic N) is 4. The summed E-state index contributed by atoms with van der Waals surface area (Å²) in [4.78, 5) is 25.0. The summed E-state index contributed by atoms with van der Waals surface area (Å²) < 4.78 is 0. The Morgan fingerprint density at radius 1 is 1.26 bits per heavy atom. The fourth-order valence-corrected chi connectivity index (χ4v) is 4.49. The minimum atomic E-state index is 0.129. The van der Waals surface area contributed by atoms with Crippen LogP contribution in [0.25, 0.3) is 0 Å². The molecule has 3 rings (SSSR count). The molecule has 2 saturated heterocycles. The summed E-state index contributed by atoms with van der Waals surface area (Å²) >= 11 is 0. The first-order valence-electron chi connectivity index (χ1n) is 10.6. The van der Waals surface area contributed by atoms with Crippen LogP contribution in [-0.4, -0.2) is 70.9 Å². The summed E-state index contributed by atoms with van der Waals surface area (Å²) in [6.07, 6.45) is 6.45. The molecule has 1 aromatic rings. The topological polar surface area (TPSA) is 39.7 Å². The Balaban J connectivity index is 1.65. The van der Waals surface area contributed by atoms with Gasteiger partial charge in [-0.25, -0.2) is 0 Å². The summed E-state index contributed by atoms with van der Waals surface area (Å²) in [5, 5.41) is 0. The summed E-state index contributed by atoms with van der Waals surface area (Å²) in [6, 6.07) is 4.88. The van der Waals surface area contributed by atoms with Crippen molar-refractivity contribution in [2.75, 3.05) is 33.2 Å². The van der Waals surface area contributed by atoms with E-state index in [1.807, 2.05) is 17.2 Å². The molecule has 27 heavy (non-hydrogen) atoms. The Bertz CT molecular complexity index is 624. The van der Waals surface area contributed by atoms with Crippen molar-refractivity contribution in [1.82, 2.24) is 19.7 Å². The van der Waals surface area contributed by atoms with Gasteiger partial charge in [0.25, 0.3) is 0 Å². The smallest absolute Gasteiger partial charge is 0.227 e. The quantitative estimate of drug-likeness (QED) is 0.797. The molecule has 2 fully saturated rings. The van der Waals surface area contributed by atoms with Gasteiger partial charge in [-0.2, -0.15) is 0 Å². The fourth-order valence-electron chi connectivity index (χ4n) is 4.49. The monoisotopic (exact) mass is 372 g/mol. The van der Waals surface area contributed by atoms with Gasteiger partial charge in [0.05, 0.1) is 18.2 Å². The van der Waals surface area contributed by atoms with Gasteiger partial charge in [0.2, 0.25) is 5.91 Å². The van der Waals surface area contributed by atoms with Crippen LogP contribution in [0.4, 0.5) is 0 Å². The second-order valence-corrected chi connectivity index (χ2v) is 8.70. The van der Waals surface area contributed by atoms with E-state index in [0.717, 1.165) is 37.2 Å². The maximum atomic E-state index is 13.4. The van der Waals surface area contributed by atoms with Crippen LogP contribution in [0.5, 0.6) is 0 Å². The molecule has 1 amide bonds. The van der Waals surface area contributed by atoms with Crippen molar-refractivity contribution in [3.8, 4) is 0 Å². The third-order valence-electron chi connectivity index (χ3n) is 6.35. The van der Waals surface area contributed by atoms with Crippen LogP contribution in [0.2, 0.25) is 0 Å². The number of piperidine rings is 2. The highest BCUT2D eigenvalue weighted by Crippen LogP contribution is 2.26. The fraction of sp³-hybridized carbons (Fsp3) is 0.727. The van der Waals surface area contributed by atoms with Crippen LogP contribution in [-0.2, 0) is 11.3 Å². The molecule has 5 nitrogen and oxygen atoms in total. The van der Waals surface area contributed by atoms with E-state index < -0.39 is 0 Å². The Morgan fingerprint density at radius 3 is 2.67 bits per heavy atom. The molecule has 1 atom stereocenters. The van der Waals surface area contributed by atoms with Gasteiger partial charge in [-0.05, 0) is 84.8 Å². The van der Waals surface area contributed by atoms with Gasteiger partial charge in [0, 0.05) is 24.8 Å². The molecular weight excluding hydrogens is 336 g/mol. The number of aryl methyl sites for hydroxylation is 1. The van der Waals surface area contributed by atoms with Gasteiger partial charge in [0.15, 0.2) is 0 Å². The highest BCUT2D eigenvalue weighted by atomic mass is 16.2. The molecule has 3 heterocycles. The third-order valence-corrected chi connectivity index (χ3v) is 6.35. The standard InChI is InChI=1S/C22H36N4O/c1-17(2)26(16-21-18(3)7-5-11-23-21)22(27)19-8-6-12-25(15-19)20-9-13-24(4)14-10-20/h5,7,11,17,19-20H,6,8-10,12-16H2,1-4H3/t19-/m1/s1. The van der Waals surface area contributed by atoms with Gasteiger partial charge >= 0.3 is 0 Å². The number of aromatic nitrogens is 1. The van der Waals surface area contributed by atoms with Crippen LogP contribution in [0.3, 0.4) is 0 Å². The Morgan fingerprint density at radius 2 is 2.00 bits per heavy atom. The van der Waals surface area contributed by atoms with Crippen LogP contribution in [0, 0.1) is 12.8 Å². The molecule has 5 heteroatoms. The first-order chi connectivity index (χ1) is 13.0. The molecule has 0 bridgehead atoms. The average Bonchev–Trinajstić information content (AvgIpc) is 2.67. The Hall–Kier alpha value is -1.46. The zero-order valence-corrected chi connectivity index (χ0v) is 17.5. The van der Waals surface area contributed by atoms with Crippen molar-refractivity contribution in [3.63, 3.8) is 0 Å². The molecular formula is C22H36N4O. The van der Waals surface area contributed by atoms with E-state index in [4.69, 9.17) is 0 Å². The molecule has 0 N–H and O–H groups in total. The zero-order valence-electron chi connectivity index (χ0n) is 17.5. The maximum Gasteiger partial charge on any atom is 0.227 e. The van der Waals surface area contributed by atoms with Gasteiger partial charge in [0.1, 0.15) is 0 Å². The minimum Gasteiger partial charge on any atom is -0.334 e. The molecule has 0 aliphatic carbocycles. The highest BCUT2D eigenvalue weighted by Gasteiger charge is 2.34. The summed E-state index contributed by atoms with van der Waals surface area (Å²) in [5.74, 6) is 0.442. The predicted molar refractivity (Wildman–Crippen MR) is 109 cm³/mol. The lowest BCUT2D eigenvalue weighted by Gasteiger charge is -2.42. The largest absolute Gasteiger partial charge is 0.334 e. The number of likely N-dealkylation sites (tertiary alicyclic amines) is 2. The predicted octanol–water partition coefficient (Wildman–Crippen LogP) is 2.93. The van der Waals surface area contributed by atoms with Crippen LogP contribution in [0.1, 0.15) is 50.8 Å². The molecule has 0 radical (unpaired) electrons. The number of carbonyl (C=O) groups is 1. The number of carbonyl (C=O) groups excluding carboxylic acids is 1. The summed E-state index contributed by atoms with van der Waals surface area (Å²) in [6.45, 7) is 11.4. The molecule has 0 saturated carbocycles. The summed E-state index contributed by atoms with van der Waals surface area (Å²) in [5.41, 5.74) is 2.18. The van der Waals surface area contributed by atoms with Gasteiger partial charge in [-0.15, -0.1) is 0 Å². The molecule has 0 spiro atoms. The lowest BCUT2D eigenvalue weighted by Crippen LogP contribution is -2.51. The molecule has 150 valence electrons. The van der Waals surface area contributed by atoms with Crippen molar-refractivity contribution in [1.29, 1.82) is 0 Å². The first kappa shape index (κ1) is 20.3. The summed E-state index contributed by atoms with van der Waals surface area (Å²) in [7, 11) is 2.21. The molecule has 2 aliphatic heterocycles. The minimum absolute atomic E-state index is 0.129. The van der Waals surface area contributed by atoms with E-state index in [0.29, 0.717) is 18.5 Å². The van der Waals surface area contributed by atoms with Crippen molar-refractivity contribution >= 4 is 5.91 Å². The first-order valence-corrected chi connectivity index (χ1v) is 10.6. The molecule has 2 aliphatic rings. The lowest BCUT2D eigenvalue weighted by atomic mass is 9.92. The lowest BCUT2D eigenvalue weighted by molar-refractivity contribution is -0.140. The number of pyridine rings is 1. The molecule has 0 aromatic carbocycles. The maximum absolute atomic E-state index is 13.4. The van der Waals surface area contributed by atoms with Gasteiger partial charge in [-0.3, -0.25) is 14.7 Å². The number of amides is 1. The van der Waals surface area contributed by atoms with Crippen molar-refractivity contribution < 1.29 is 4.79 Å². The molecule has 0 unspecified atom stereocenters. The van der Waals surface area contributed by atoms with Crippen LogP contribution in [0.15, 0.2) is 18.3 Å². The van der Waals surface area contributed by atoms with Gasteiger partial charge in [-0.1, -0.05) is 6.07 Å². The number of hydrogen-bond donors (Lipinski definition) is 0. The zero-order chi connectivity index (χ0) is 19.4. The van der Waals surface area contributed by atoms with E-state index in [9.17, 15) is 4.79 Å². The second-order valence-electron chi connectivity index (χ2n) is 8.70. The van der Waals surface area contributed by atoms with Crippen molar-refractivity contribution in [2.24, 2.45) is 5.92 Å². The van der Waals surface area contributed by atoms with Crippen molar-refractivity contribution in [2.45, 2.75) is 65.1 Å². The SMILES string of the molecule is Cc1cccnc1CN(C(=O)[C@@H]1CCCN(C2CCN(C)CC2)C1)C(C)C. The second kappa shape index (κ2) is 9.16. The number of rotatable bonds is 5. The van der Waals surface area contributed by atoms with Crippen LogP contribution < -0.4 is 0 Å². The van der Waals surface area contributed by atoms with E-state index >= 15 is 0 Å². The Kier molecular flexibility index (Phi) is 6.88. The van der Waals surface area contributed by atoms with Gasteiger partial charge < -0.3 is 9.80 Å². The normalized spacial score (nSPS) is 22.9. The average molecular weight is 373 g/mol. The van der Waals surface area contributed by atoms with E-state index in [1.165, 1.54) is 25.9 Å². The third kappa shape index (κ3) is 5.08. The van der Waals surface area contributed by atoms with E-state index in [2.05, 4.69) is 48.7 Å². The molecule has 1 aromatic heterocycles.